The number of halogens is 2. The largest absolute Gasteiger partial charge is 0.379 e. The van der Waals surface area contributed by atoms with E-state index in [4.69, 9.17) is 16.3 Å². The molecule has 2 heterocycles. The van der Waals surface area contributed by atoms with Crippen molar-refractivity contribution in [2.75, 3.05) is 26.3 Å². The first kappa shape index (κ1) is 25.3. The summed E-state index contributed by atoms with van der Waals surface area (Å²) in [6.07, 6.45) is 6.19. The molecule has 1 N–H and O–H groups in total. The van der Waals surface area contributed by atoms with Gasteiger partial charge in [-0.2, -0.15) is 0 Å². The van der Waals surface area contributed by atoms with E-state index in [0.717, 1.165) is 55.6 Å². The fourth-order valence-electron chi connectivity index (χ4n) is 5.48. The number of carbonyl (C=O) groups excluding carboxylic acids is 1. The molecule has 2 fully saturated rings. The van der Waals surface area contributed by atoms with E-state index >= 15 is 0 Å². The second-order valence-corrected chi connectivity index (χ2v) is 10.8. The number of nitrogens with one attached hydrogen (secondary N) is 1. The topological polar surface area (TPSA) is 67.4 Å². The number of amides is 1. The lowest BCUT2D eigenvalue weighted by atomic mass is 9.72. The van der Waals surface area contributed by atoms with Crippen LogP contribution in [0.1, 0.15) is 48.2 Å². The number of morpholine rings is 1. The molecule has 0 bridgehead atoms. The maximum absolute atomic E-state index is 13.9. The quantitative estimate of drug-likeness (QED) is 0.432. The first-order valence-corrected chi connectivity index (χ1v) is 13.7. The molecule has 1 unspecified atom stereocenters. The molecular weight excluding hydrogens is 540 g/mol. The molecule has 4 atom stereocenters. The Morgan fingerprint density at radius 3 is 2.42 bits per heavy atom. The van der Waals surface area contributed by atoms with Gasteiger partial charge in [0.1, 0.15) is 6.04 Å². The molecule has 5 rings (SSSR count). The summed E-state index contributed by atoms with van der Waals surface area (Å²) in [4.78, 5) is 25.4. The summed E-state index contributed by atoms with van der Waals surface area (Å²) < 4.78 is 6.62. The molecule has 2 aromatic carbocycles. The first-order valence-electron chi connectivity index (χ1n) is 12.5. The Kier molecular flexibility index (Phi) is 8.32. The van der Waals surface area contributed by atoms with Gasteiger partial charge >= 0.3 is 0 Å². The Hall–Kier alpha value is -2.32. The highest BCUT2D eigenvalue weighted by Crippen LogP contribution is 2.41. The number of hydrogen-bond acceptors (Lipinski definition) is 5. The van der Waals surface area contributed by atoms with E-state index in [1.54, 1.807) is 18.5 Å². The summed E-state index contributed by atoms with van der Waals surface area (Å²) in [6.45, 7) is 3.48. The maximum Gasteiger partial charge on any atom is 0.224 e. The average Bonchev–Trinajstić information content (AvgIpc) is 2.93. The van der Waals surface area contributed by atoms with Crippen LogP contribution in [0.3, 0.4) is 0 Å². The number of aromatic nitrogens is 2. The predicted molar refractivity (Wildman–Crippen MR) is 144 cm³/mol. The van der Waals surface area contributed by atoms with Crippen molar-refractivity contribution in [1.29, 1.82) is 0 Å². The summed E-state index contributed by atoms with van der Waals surface area (Å²) in [7, 11) is 0. The minimum Gasteiger partial charge on any atom is -0.379 e. The standard InChI is InChI=1S/C28H30BrClN4O2/c29-21-6-2-19(3-7-21)25-18-23(34-14-16-36-17-15-34)10-11-24(25)28(35)33-26(27-31-12-1-13-32-27)20-4-8-22(30)9-5-20/h1-9,12-13,23-26H,10-11,14-18H2,(H,33,35)/t23-,24-,25+,26?/m1/s1. The third kappa shape index (κ3) is 5.97. The van der Waals surface area contributed by atoms with E-state index in [0.29, 0.717) is 16.9 Å². The molecular formula is C28H30BrClN4O2. The van der Waals surface area contributed by atoms with Gasteiger partial charge in [0, 0.05) is 46.9 Å². The molecule has 8 heteroatoms. The van der Waals surface area contributed by atoms with Gasteiger partial charge in [-0.1, -0.05) is 51.8 Å². The van der Waals surface area contributed by atoms with Crippen molar-refractivity contribution in [3.63, 3.8) is 0 Å². The first-order chi connectivity index (χ1) is 17.6. The van der Waals surface area contributed by atoms with Gasteiger partial charge in [-0.3, -0.25) is 9.69 Å². The van der Waals surface area contributed by atoms with Crippen molar-refractivity contribution < 1.29 is 9.53 Å². The van der Waals surface area contributed by atoms with Gasteiger partial charge in [0.05, 0.1) is 13.2 Å². The molecule has 1 aliphatic heterocycles. The number of benzene rings is 2. The SMILES string of the molecule is O=C(NC(c1ccc(Cl)cc1)c1ncccn1)[C@@H]1CC[C@@H](N2CCOCC2)C[C@H]1c1ccc(Br)cc1. The predicted octanol–water partition coefficient (Wildman–Crippen LogP) is 5.38. The van der Waals surface area contributed by atoms with Crippen molar-refractivity contribution in [3.05, 3.63) is 93.4 Å². The summed E-state index contributed by atoms with van der Waals surface area (Å²) in [5.41, 5.74) is 2.11. The van der Waals surface area contributed by atoms with Crippen LogP contribution in [0.15, 0.2) is 71.5 Å². The number of ether oxygens (including phenoxy) is 1. The lowest BCUT2D eigenvalue weighted by Gasteiger charge is -2.42. The number of rotatable bonds is 6. The fourth-order valence-corrected chi connectivity index (χ4v) is 5.87. The van der Waals surface area contributed by atoms with E-state index in [1.807, 2.05) is 24.3 Å². The van der Waals surface area contributed by atoms with Crippen LogP contribution >= 0.6 is 27.5 Å². The normalized spacial score (nSPS) is 23.7. The van der Waals surface area contributed by atoms with Crippen LogP contribution in [0, 0.1) is 5.92 Å². The van der Waals surface area contributed by atoms with Gasteiger partial charge in [-0.15, -0.1) is 0 Å². The highest BCUT2D eigenvalue weighted by atomic mass is 79.9. The molecule has 36 heavy (non-hydrogen) atoms. The second kappa shape index (κ2) is 11.8. The lowest BCUT2D eigenvalue weighted by Crippen LogP contribution is -2.48. The monoisotopic (exact) mass is 568 g/mol. The zero-order valence-corrected chi connectivity index (χ0v) is 22.4. The third-order valence-corrected chi connectivity index (χ3v) is 8.13. The van der Waals surface area contributed by atoms with Crippen molar-refractivity contribution in [1.82, 2.24) is 20.2 Å². The third-order valence-electron chi connectivity index (χ3n) is 7.35. The van der Waals surface area contributed by atoms with Crippen molar-refractivity contribution in [3.8, 4) is 0 Å². The van der Waals surface area contributed by atoms with Crippen molar-refractivity contribution >= 4 is 33.4 Å². The fraction of sp³-hybridized carbons (Fsp3) is 0.393. The zero-order valence-electron chi connectivity index (χ0n) is 20.0. The summed E-state index contributed by atoms with van der Waals surface area (Å²) in [5.74, 6) is 0.593. The highest BCUT2D eigenvalue weighted by molar-refractivity contribution is 9.10. The van der Waals surface area contributed by atoms with Crippen LogP contribution in [0.4, 0.5) is 0 Å². The van der Waals surface area contributed by atoms with Crippen molar-refractivity contribution in [2.24, 2.45) is 5.92 Å². The minimum absolute atomic E-state index is 0.0377. The molecule has 0 radical (unpaired) electrons. The van der Waals surface area contributed by atoms with E-state index in [-0.39, 0.29) is 17.7 Å². The van der Waals surface area contributed by atoms with Crippen LogP contribution < -0.4 is 5.32 Å². The Morgan fingerprint density at radius 1 is 1.03 bits per heavy atom. The molecule has 1 saturated heterocycles. The van der Waals surface area contributed by atoms with Gasteiger partial charge in [0.25, 0.3) is 0 Å². The van der Waals surface area contributed by atoms with Crippen LogP contribution in [-0.4, -0.2) is 53.1 Å². The molecule has 188 valence electrons. The van der Waals surface area contributed by atoms with E-state index in [2.05, 4.69) is 60.4 Å². The van der Waals surface area contributed by atoms with Crippen LogP contribution in [0.5, 0.6) is 0 Å². The van der Waals surface area contributed by atoms with Crippen molar-refractivity contribution in [2.45, 2.75) is 37.3 Å². The molecule has 1 aromatic heterocycles. The average molecular weight is 570 g/mol. The molecule has 3 aromatic rings. The smallest absolute Gasteiger partial charge is 0.224 e. The minimum atomic E-state index is -0.446. The molecule has 1 saturated carbocycles. The van der Waals surface area contributed by atoms with Gasteiger partial charge < -0.3 is 10.1 Å². The Morgan fingerprint density at radius 2 is 1.72 bits per heavy atom. The Labute approximate surface area is 225 Å². The molecule has 6 nitrogen and oxygen atoms in total. The van der Waals surface area contributed by atoms with E-state index in [1.165, 1.54) is 5.56 Å². The van der Waals surface area contributed by atoms with Crippen LogP contribution in [0.2, 0.25) is 5.02 Å². The second-order valence-electron chi connectivity index (χ2n) is 9.48. The van der Waals surface area contributed by atoms with E-state index in [9.17, 15) is 4.79 Å². The highest BCUT2D eigenvalue weighted by Gasteiger charge is 2.39. The Bertz CT molecular complexity index is 1140. The maximum atomic E-state index is 13.9. The summed E-state index contributed by atoms with van der Waals surface area (Å²) in [6, 6.07) is 17.7. The van der Waals surface area contributed by atoms with Gasteiger partial charge in [-0.05, 0) is 66.6 Å². The number of carbonyl (C=O) groups is 1. The molecule has 1 amide bonds. The molecule has 1 aliphatic carbocycles. The summed E-state index contributed by atoms with van der Waals surface area (Å²) in [5, 5.41) is 3.94. The molecule has 2 aliphatic rings. The summed E-state index contributed by atoms with van der Waals surface area (Å²) >= 11 is 9.68. The van der Waals surface area contributed by atoms with Gasteiger partial charge in [-0.25, -0.2) is 9.97 Å². The number of nitrogens with zero attached hydrogens (tertiary/aromatic N) is 3. The van der Waals surface area contributed by atoms with Crippen LogP contribution in [-0.2, 0) is 9.53 Å². The van der Waals surface area contributed by atoms with Gasteiger partial charge in [0.2, 0.25) is 5.91 Å². The lowest BCUT2D eigenvalue weighted by molar-refractivity contribution is -0.127. The van der Waals surface area contributed by atoms with Gasteiger partial charge in [0.15, 0.2) is 5.82 Å². The molecule has 0 spiro atoms. The van der Waals surface area contributed by atoms with E-state index < -0.39 is 6.04 Å². The Balaban J connectivity index is 1.41. The van der Waals surface area contributed by atoms with Crippen LogP contribution in [0.25, 0.3) is 0 Å². The number of hydrogen-bond donors (Lipinski definition) is 1. The zero-order chi connectivity index (χ0) is 24.9.